The van der Waals surface area contributed by atoms with Crippen molar-refractivity contribution in [3.8, 4) is 0 Å². The fourth-order valence-electron chi connectivity index (χ4n) is 5.03. The van der Waals surface area contributed by atoms with Gasteiger partial charge in [0, 0.05) is 23.7 Å². The van der Waals surface area contributed by atoms with Crippen LogP contribution in [-0.2, 0) is 27.4 Å². The lowest BCUT2D eigenvalue weighted by atomic mass is 9.75. The van der Waals surface area contributed by atoms with E-state index >= 15 is 0 Å². The van der Waals surface area contributed by atoms with Gasteiger partial charge in [0.1, 0.15) is 0 Å². The standard InChI is InChI=1S/C29H43ClO2Si/c1-6-18-28(2,3)33(4,5)32-21-17-25-11-9-24(10-12-25)8-7-19-29(20-22-31-23-29)26-13-15-27(30)16-14-26/h9-16H,6-8,17-23H2,1-5H3. The lowest BCUT2D eigenvalue weighted by Crippen LogP contribution is -2.42. The third kappa shape index (κ3) is 6.94. The molecule has 2 nitrogen and oxygen atoms in total. The number of halogens is 1. The Balaban J connectivity index is 1.48. The number of hydrogen-bond donors (Lipinski definition) is 0. The molecule has 1 aliphatic rings. The van der Waals surface area contributed by atoms with Crippen molar-refractivity contribution >= 4 is 19.9 Å². The molecular weight excluding hydrogens is 444 g/mol. The Hall–Kier alpha value is -1.13. The molecule has 0 radical (unpaired) electrons. The number of benzene rings is 2. The fraction of sp³-hybridized carbons (Fsp3) is 0.586. The summed E-state index contributed by atoms with van der Waals surface area (Å²) >= 11 is 6.11. The van der Waals surface area contributed by atoms with Crippen molar-refractivity contribution in [3.05, 3.63) is 70.2 Å². The van der Waals surface area contributed by atoms with E-state index in [1.807, 2.05) is 12.1 Å². The first-order valence-electron chi connectivity index (χ1n) is 12.7. The van der Waals surface area contributed by atoms with E-state index in [1.165, 1.54) is 36.0 Å². The lowest BCUT2D eigenvalue weighted by molar-refractivity contribution is 0.173. The van der Waals surface area contributed by atoms with Crippen molar-refractivity contribution < 1.29 is 9.16 Å². The maximum Gasteiger partial charge on any atom is 0.192 e. The van der Waals surface area contributed by atoms with E-state index in [9.17, 15) is 0 Å². The minimum atomic E-state index is -1.70. The van der Waals surface area contributed by atoms with Crippen LogP contribution in [-0.4, -0.2) is 28.1 Å². The largest absolute Gasteiger partial charge is 0.416 e. The van der Waals surface area contributed by atoms with Gasteiger partial charge >= 0.3 is 0 Å². The highest BCUT2D eigenvalue weighted by Gasteiger charge is 2.40. The van der Waals surface area contributed by atoms with Crippen molar-refractivity contribution in [3.63, 3.8) is 0 Å². The highest BCUT2D eigenvalue weighted by molar-refractivity contribution is 6.74. The Morgan fingerprint density at radius 1 is 1.00 bits per heavy atom. The Morgan fingerprint density at radius 2 is 1.64 bits per heavy atom. The van der Waals surface area contributed by atoms with Crippen LogP contribution in [0.2, 0.25) is 23.2 Å². The number of rotatable bonds is 12. The molecule has 0 aliphatic carbocycles. The molecule has 2 aromatic carbocycles. The monoisotopic (exact) mass is 486 g/mol. The van der Waals surface area contributed by atoms with Crippen LogP contribution < -0.4 is 0 Å². The van der Waals surface area contributed by atoms with Gasteiger partial charge in [0.25, 0.3) is 0 Å². The van der Waals surface area contributed by atoms with Gasteiger partial charge in [-0.25, -0.2) is 0 Å². The van der Waals surface area contributed by atoms with E-state index in [2.05, 4.69) is 70.3 Å². The molecule has 0 spiro atoms. The molecule has 1 saturated heterocycles. The van der Waals surface area contributed by atoms with Crippen molar-refractivity contribution in [2.75, 3.05) is 19.8 Å². The average molecular weight is 487 g/mol. The van der Waals surface area contributed by atoms with Gasteiger partial charge in [-0.05, 0) is 85.5 Å². The van der Waals surface area contributed by atoms with E-state index in [4.69, 9.17) is 20.8 Å². The summed E-state index contributed by atoms with van der Waals surface area (Å²) < 4.78 is 12.3. The zero-order valence-corrected chi connectivity index (χ0v) is 23.1. The van der Waals surface area contributed by atoms with Gasteiger partial charge < -0.3 is 9.16 Å². The molecule has 1 aliphatic heterocycles. The molecule has 1 unspecified atom stereocenters. The van der Waals surface area contributed by atoms with Crippen LogP contribution in [0.25, 0.3) is 0 Å². The summed E-state index contributed by atoms with van der Waals surface area (Å²) in [6, 6.07) is 17.6. The molecule has 2 aromatic rings. The number of hydrogen-bond acceptors (Lipinski definition) is 2. The number of aryl methyl sites for hydroxylation is 1. The highest BCUT2D eigenvalue weighted by Crippen LogP contribution is 2.42. The van der Waals surface area contributed by atoms with Crippen LogP contribution in [0, 0.1) is 0 Å². The molecule has 1 heterocycles. The van der Waals surface area contributed by atoms with Gasteiger partial charge in [0.15, 0.2) is 8.32 Å². The maximum atomic E-state index is 6.48. The Kier molecular flexibility index (Phi) is 9.25. The lowest BCUT2D eigenvalue weighted by Gasteiger charge is -2.39. The van der Waals surface area contributed by atoms with Crippen molar-refractivity contribution in [1.82, 2.24) is 0 Å². The summed E-state index contributed by atoms with van der Waals surface area (Å²) in [5.41, 5.74) is 4.31. The summed E-state index contributed by atoms with van der Waals surface area (Å²) in [5.74, 6) is 0. The van der Waals surface area contributed by atoms with Crippen LogP contribution in [0.15, 0.2) is 48.5 Å². The quantitative estimate of drug-likeness (QED) is 0.280. The maximum absolute atomic E-state index is 6.48. The normalized spacial score (nSPS) is 19.2. The van der Waals surface area contributed by atoms with E-state index in [0.29, 0.717) is 5.04 Å². The summed E-state index contributed by atoms with van der Waals surface area (Å²) in [4.78, 5) is 0. The minimum Gasteiger partial charge on any atom is -0.416 e. The molecular formula is C29H43ClO2Si. The third-order valence-electron chi connectivity index (χ3n) is 8.06. The van der Waals surface area contributed by atoms with Gasteiger partial charge in [-0.3, -0.25) is 0 Å². The van der Waals surface area contributed by atoms with Crippen molar-refractivity contribution in [1.29, 1.82) is 0 Å². The summed E-state index contributed by atoms with van der Waals surface area (Å²) in [5, 5.41) is 1.12. The molecule has 33 heavy (non-hydrogen) atoms. The molecule has 3 rings (SSSR count). The molecule has 0 bridgehead atoms. The smallest absolute Gasteiger partial charge is 0.192 e. The second-order valence-electron chi connectivity index (χ2n) is 11.0. The van der Waals surface area contributed by atoms with Crippen LogP contribution in [0.4, 0.5) is 0 Å². The minimum absolute atomic E-state index is 0.143. The first-order chi connectivity index (χ1) is 15.7. The van der Waals surface area contributed by atoms with Crippen molar-refractivity contribution in [2.45, 2.75) is 89.3 Å². The summed E-state index contributed by atoms with van der Waals surface area (Å²) in [6.45, 7) is 14.3. The molecule has 182 valence electrons. The topological polar surface area (TPSA) is 18.5 Å². The molecule has 0 saturated carbocycles. The third-order valence-corrected chi connectivity index (χ3v) is 12.7. The molecule has 0 N–H and O–H groups in total. The Morgan fingerprint density at radius 3 is 2.21 bits per heavy atom. The van der Waals surface area contributed by atoms with Gasteiger partial charge in [0.2, 0.25) is 0 Å². The Labute approximate surface area is 208 Å². The number of ether oxygens (including phenoxy) is 1. The zero-order chi connectivity index (χ0) is 24.0. The van der Waals surface area contributed by atoms with Gasteiger partial charge in [-0.2, -0.15) is 0 Å². The van der Waals surface area contributed by atoms with E-state index in [-0.39, 0.29) is 5.41 Å². The van der Waals surface area contributed by atoms with Crippen LogP contribution in [0.1, 0.15) is 69.6 Å². The Bertz CT molecular complexity index is 852. The van der Waals surface area contributed by atoms with Gasteiger partial charge in [-0.1, -0.05) is 75.2 Å². The molecule has 0 amide bonds. The second-order valence-corrected chi connectivity index (χ2v) is 16.1. The summed E-state index contributed by atoms with van der Waals surface area (Å²) in [6.07, 6.45) is 7.99. The van der Waals surface area contributed by atoms with Crippen LogP contribution in [0.5, 0.6) is 0 Å². The average Bonchev–Trinajstić information content (AvgIpc) is 3.25. The van der Waals surface area contributed by atoms with Gasteiger partial charge in [0.05, 0.1) is 6.61 Å². The second kappa shape index (κ2) is 11.5. The predicted octanol–water partition coefficient (Wildman–Crippen LogP) is 8.37. The summed E-state index contributed by atoms with van der Waals surface area (Å²) in [7, 11) is -1.70. The fourth-order valence-corrected chi connectivity index (χ4v) is 7.01. The van der Waals surface area contributed by atoms with Crippen LogP contribution >= 0.6 is 11.6 Å². The first kappa shape index (κ1) is 26.5. The van der Waals surface area contributed by atoms with Crippen molar-refractivity contribution in [2.24, 2.45) is 0 Å². The van der Waals surface area contributed by atoms with Crippen LogP contribution in [0.3, 0.4) is 0 Å². The molecule has 1 fully saturated rings. The predicted molar refractivity (Wildman–Crippen MR) is 144 cm³/mol. The van der Waals surface area contributed by atoms with E-state index in [0.717, 1.165) is 50.5 Å². The molecule has 0 aromatic heterocycles. The van der Waals surface area contributed by atoms with E-state index in [1.54, 1.807) is 0 Å². The zero-order valence-electron chi connectivity index (χ0n) is 21.4. The SMILES string of the molecule is CCCC(C)(C)[Si](C)(C)OCCc1ccc(CCCC2(c3ccc(Cl)cc3)CCOC2)cc1. The van der Waals surface area contributed by atoms with Gasteiger partial charge in [-0.15, -0.1) is 0 Å². The molecule has 4 heteroatoms. The first-order valence-corrected chi connectivity index (χ1v) is 16.0. The molecule has 1 atom stereocenters. The van der Waals surface area contributed by atoms with E-state index < -0.39 is 8.32 Å². The highest BCUT2D eigenvalue weighted by atomic mass is 35.5.